The molecule has 0 bridgehead atoms. The van der Waals surface area contributed by atoms with E-state index >= 15 is 0 Å². The standard InChI is InChI=1S/C18H26N2O3/c1-22-18(8-5-9-18)14-19-17(21)16-13-20(10-11-23-16)12-15-6-3-2-4-7-15/h2-4,6-7,16H,5,8-14H2,1H3,(H,19,21). The number of ether oxygens (including phenoxy) is 2. The summed E-state index contributed by atoms with van der Waals surface area (Å²) >= 11 is 0. The van der Waals surface area contributed by atoms with Crippen LogP contribution in [0.3, 0.4) is 0 Å². The molecule has 1 saturated heterocycles. The number of hydrogen-bond donors (Lipinski definition) is 1. The summed E-state index contributed by atoms with van der Waals surface area (Å²) in [5, 5.41) is 3.01. The Morgan fingerprint density at radius 1 is 1.39 bits per heavy atom. The van der Waals surface area contributed by atoms with E-state index in [9.17, 15) is 4.79 Å². The van der Waals surface area contributed by atoms with Crippen LogP contribution >= 0.6 is 0 Å². The lowest BCUT2D eigenvalue weighted by Gasteiger charge is -2.41. The highest BCUT2D eigenvalue weighted by Gasteiger charge is 2.38. The van der Waals surface area contributed by atoms with Gasteiger partial charge in [0.1, 0.15) is 6.10 Å². The summed E-state index contributed by atoms with van der Waals surface area (Å²) < 4.78 is 11.2. The molecule has 1 saturated carbocycles. The van der Waals surface area contributed by atoms with Crippen LogP contribution in [0.25, 0.3) is 0 Å². The van der Waals surface area contributed by atoms with Crippen molar-refractivity contribution < 1.29 is 14.3 Å². The molecule has 126 valence electrons. The summed E-state index contributed by atoms with van der Waals surface area (Å²) in [6.07, 6.45) is 2.83. The lowest BCUT2D eigenvalue weighted by atomic mass is 9.80. The van der Waals surface area contributed by atoms with Crippen molar-refractivity contribution in [2.75, 3.05) is 33.4 Å². The van der Waals surface area contributed by atoms with E-state index in [0.717, 1.165) is 25.9 Å². The average molecular weight is 318 g/mol. The van der Waals surface area contributed by atoms with Gasteiger partial charge >= 0.3 is 0 Å². The zero-order chi connectivity index (χ0) is 16.1. The van der Waals surface area contributed by atoms with Gasteiger partial charge in [-0.3, -0.25) is 9.69 Å². The minimum atomic E-state index is -0.388. The molecule has 1 aromatic rings. The monoisotopic (exact) mass is 318 g/mol. The molecule has 3 rings (SSSR count). The molecule has 2 fully saturated rings. The Balaban J connectivity index is 1.48. The molecule has 1 aromatic carbocycles. The molecule has 2 aliphatic rings. The largest absolute Gasteiger partial charge is 0.376 e. The topological polar surface area (TPSA) is 50.8 Å². The SMILES string of the molecule is COC1(CNC(=O)C2CN(Cc3ccccc3)CCO2)CCC1. The van der Waals surface area contributed by atoms with Gasteiger partial charge in [0.25, 0.3) is 5.91 Å². The van der Waals surface area contributed by atoms with E-state index in [1.807, 2.05) is 18.2 Å². The van der Waals surface area contributed by atoms with Crippen molar-refractivity contribution in [3.05, 3.63) is 35.9 Å². The molecule has 1 heterocycles. The van der Waals surface area contributed by atoms with Crippen LogP contribution in [0.2, 0.25) is 0 Å². The second-order valence-corrected chi connectivity index (χ2v) is 6.54. The van der Waals surface area contributed by atoms with Gasteiger partial charge in [-0.05, 0) is 24.8 Å². The van der Waals surface area contributed by atoms with Crippen LogP contribution in [0.4, 0.5) is 0 Å². The number of carbonyl (C=O) groups is 1. The Morgan fingerprint density at radius 2 is 2.17 bits per heavy atom. The number of morpholine rings is 1. The summed E-state index contributed by atoms with van der Waals surface area (Å²) in [6, 6.07) is 10.3. The number of hydrogen-bond acceptors (Lipinski definition) is 4. The van der Waals surface area contributed by atoms with Gasteiger partial charge in [0.2, 0.25) is 0 Å². The summed E-state index contributed by atoms with van der Waals surface area (Å²) in [5.41, 5.74) is 1.12. The molecule has 1 N–H and O–H groups in total. The Bertz CT molecular complexity index is 511. The van der Waals surface area contributed by atoms with E-state index in [2.05, 4.69) is 22.3 Å². The molecular weight excluding hydrogens is 292 g/mol. The Hall–Kier alpha value is -1.43. The summed E-state index contributed by atoms with van der Waals surface area (Å²) in [5.74, 6) is -0.0221. The van der Waals surface area contributed by atoms with Gasteiger partial charge in [0.05, 0.1) is 12.2 Å². The Labute approximate surface area is 137 Å². The molecule has 1 amide bonds. The lowest BCUT2D eigenvalue weighted by molar-refractivity contribution is -0.141. The zero-order valence-corrected chi connectivity index (χ0v) is 13.8. The summed E-state index contributed by atoms with van der Waals surface area (Å²) in [6.45, 7) is 3.54. The highest BCUT2D eigenvalue weighted by Crippen LogP contribution is 2.34. The third kappa shape index (κ3) is 4.10. The molecule has 0 radical (unpaired) electrons. The van der Waals surface area contributed by atoms with Crippen molar-refractivity contribution >= 4 is 5.91 Å². The smallest absolute Gasteiger partial charge is 0.250 e. The van der Waals surface area contributed by atoms with E-state index in [4.69, 9.17) is 9.47 Å². The quantitative estimate of drug-likeness (QED) is 0.865. The van der Waals surface area contributed by atoms with Crippen LogP contribution < -0.4 is 5.32 Å². The van der Waals surface area contributed by atoms with Crippen molar-refractivity contribution in [2.24, 2.45) is 0 Å². The maximum absolute atomic E-state index is 12.4. The van der Waals surface area contributed by atoms with Crippen LogP contribution in [0.1, 0.15) is 24.8 Å². The number of methoxy groups -OCH3 is 1. The first kappa shape index (κ1) is 16.4. The molecule has 1 aliphatic heterocycles. The minimum absolute atomic E-state index is 0.0221. The fourth-order valence-corrected chi connectivity index (χ4v) is 3.23. The molecule has 23 heavy (non-hydrogen) atoms. The Kier molecular flexibility index (Phi) is 5.30. The highest BCUT2D eigenvalue weighted by atomic mass is 16.5. The lowest BCUT2D eigenvalue weighted by Crippen LogP contribution is -2.54. The molecule has 0 aromatic heterocycles. The predicted molar refractivity (Wildman–Crippen MR) is 88.1 cm³/mol. The van der Waals surface area contributed by atoms with Gasteiger partial charge in [-0.25, -0.2) is 0 Å². The third-order valence-corrected chi connectivity index (χ3v) is 4.97. The summed E-state index contributed by atoms with van der Waals surface area (Å²) in [7, 11) is 1.73. The van der Waals surface area contributed by atoms with Crippen molar-refractivity contribution in [2.45, 2.75) is 37.5 Å². The molecule has 5 nitrogen and oxygen atoms in total. The molecule has 5 heteroatoms. The first-order chi connectivity index (χ1) is 11.2. The molecule has 0 spiro atoms. The number of amides is 1. The third-order valence-electron chi connectivity index (χ3n) is 4.97. The van der Waals surface area contributed by atoms with Crippen LogP contribution in [0.15, 0.2) is 30.3 Å². The first-order valence-electron chi connectivity index (χ1n) is 8.41. The number of benzene rings is 1. The summed E-state index contributed by atoms with van der Waals surface area (Å²) in [4.78, 5) is 14.7. The highest BCUT2D eigenvalue weighted by molar-refractivity contribution is 5.81. The van der Waals surface area contributed by atoms with Crippen molar-refractivity contribution in [1.82, 2.24) is 10.2 Å². The van der Waals surface area contributed by atoms with Gasteiger partial charge < -0.3 is 14.8 Å². The average Bonchev–Trinajstić information content (AvgIpc) is 2.55. The number of carbonyl (C=O) groups excluding carboxylic acids is 1. The van der Waals surface area contributed by atoms with E-state index in [-0.39, 0.29) is 17.6 Å². The maximum Gasteiger partial charge on any atom is 0.250 e. The zero-order valence-electron chi connectivity index (χ0n) is 13.8. The molecular formula is C18H26N2O3. The van der Waals surface area contributed by atoms with Crippen molar-refractivity contribution in [3.63, 3.8) is 0 Å². The minimum Gasteiger partial charge on any atom is -0.376 e. The van der Waals surface area contributed by atoms with Crippen LogP contribution in [0.5, 0.6) is 0 Å². The van der Waals surface area contributed by atoms with Crippen molar-refractivity contribution in [1.29, 1.82) is 0 Å². The maximum atomic E-state index is 12.4. The van der Waals surface area contributed by atoms with Gasteiger partial charge in [-0.1, -0.05) is 30.3 Å². The second kappa shape index (κ2) is 7.43. The van der Waals surface area contributed by atoms with E-state index in [1.54, 1.807) is 7.11 Å². The fraction of sp³-hybridized carbons (Fsp3) is 0.611. The van der Waals surface area contributed by atoms with Crippen LogP contribution in [-0.4, -0.2) is 55.9 Å². The van der Waals surface area contributed by atoms with E-state index in [0.29, 0.717) is 19.7 Å². The van der Waals surface area contributed by atoms with E-state index in [1.165, 1.54) is 12.0 Å². The van der Waals surface area contributed by atoms with Gasteiger partial charge in [-0.15, -0.1) is 0 Å². The molecule has 1 aliphatic carbocycles. The van der Waals surface area contributed by atoms with Crippen molar-refractivity contribution in [3.8, 4) is 0 Å². The predicted octanol–water partition coefficient (Wildman–Crippen LogP) is 1.57. The fourth-order valence-electron chi connectivity index (χ4n) is 3.23. The molecule has 1 unspecified atom stereocenters. The first-order valence-corrected chi connectivity index (χ1v) is 8.41. The normalized spacial score (nSPS) is 24.0. The number of rotatable bonds is 6. The van der Waals surface area contributed by atoms with E-state index < -0.39 is 0 Å². The van der Waals surface area contributed by atoms with Crippen LogP contribution in [-0.2, 0) is 20.8 Å². The number of nitrogens with zero attached hydrogens (tertiary/aromatic N) is 1. The second-order valence-electron chi connectivity index (χ2n) is 6.54. The van der Waals surface area contributed by atoms with Gasteiger partial charge in [0, 0.05) is 33.3 Å². The Morgan fingerprint density at radius 3 is 2.83 bits per heavy atom. The van der Waals surface area contributed by atoms with Crippen LogP contribution in [0, 0.1) is 0 Å². The van der Waals surface area contributed by atoms with Gasteiger partial charge in [0.15, 0.2) is 0 Å². The molecule has 1 atom stereocenters. The van der Waals surface area contributed by atoms with Gasteiger partial charge in [-0.2, -0.15) is 0 Å². The number of nitrogens with one attached hydrogen (secondary N) is 1.